The van der Waals surface area contributed by atoms with Gasteiger partial charge >= 0.3 is 8.25 Å². The summed E-state index contributed by atoms with van der Waals surface area (Å²) in [7, 11) is -1.76. The second-order valence-corrected chi connectivity index (χ2v) is 4.12. The molecule has 2 N–H and O–H groups in total. The van der Waals surface area contributed by atoms with Crippen LogP contribution in [-0.4, -0.2) is 32.0 Å². The van der Waals surface area contributed by atoms with E-state index in [0.29, 0.717) is 0 Å². The maximum Gasteiger partial charge on any atom is 0.703 e. The molecule has 0 aliphatic carbocycles. The zero-order valence-electron chi connectivity index (χ0n) is 8.00. The van der Waals surface area contributed by atoms with Gasteiger partial charge in [0.2, 0.25) is 0 Å². The number of piperazine rings is 1. The van der Waals surface area contributed by atoms with E-state index in [0.717, 1.165) is 26.2 Å². The minimum Gasteiger partial charge on any atom is -0.314 e. The van der Waals surface area contributed by atoms with Crippen molar-refractivity contribution < 1.29 is 13.6 Å². The third-order valence-electron chi connectivity index (χ3n) is 1.55. The van der Waals surface area contributed by atoms with Crippen LogP contribution in [0.5, 0.6) is 0 Å². The molecule has 0 amide bonds. The third-order valence-corrected chi connectivity index (χ3v) is 2.72. The van der Waals surface area contributed by atoms with Crippen molar-refractivity contribution in [1.29, 1.82) is 0 Å². The maximum absolute atomic E-state index is 10.0. The Morgan fingerprint density at radius 3 is 1.54 bits per heavy atom. The second kappa shape index (κ2) is 4.98. The standard InChI is InChI=1S/C4H10N2.C3H6O3P/c1-2-6-4-3-5-1;1-3(2)5-7(4)6-3/h5-6H,1-4H2;1-2H3/q;+1. The first-order valence-electron chi connectivity index (χ1n) is 4.37. The monoisotopic (exact) mass is 207 g/mol. The third kappa shape index (κ3) is 4.64. The van der Waals surface area contributed by atoms with E-state index in [1.165, 1.54) is 0 Å². The highest BCUT2D eigenvalue weighted by Crippen LogP contribution is 2.46. The van der Waals surface area contributed by atoms with Crippen LogP contribution in [0.15, 0.2) is 0 Å². The molecule has 0 saturated carbocycles. The molecule has 2 fully saturated rings. The Balaban J connectivity index is 0.000000132. The summed E-state index contributed by atoms with van der Waals surface area (Å²) in [5.41, 5.74) is 0. The SMILES string of the molecule is C1CNCCN1.CC1(C)O[P+](=O)O1. The number of nitrogens with one attached hydrogen (secondary N) is 2. The summed E-state index contributed by atoms with van der Waals surface area (Å²) in [5, 5.41) is 6.44. The summed E-state index contributed by atoms with van der Waals surface area (Å²) in [6.45, 7) is 7.98. The highest BCUT2D eigenvalue weighted by Gasteiger charge is 2.53. The molecule has 2 saturated heterocycles. The smallest absolute Gasteiger partial charge is 0.314 e. The number of hydrogen-bond donors (Lipinski definition) is 2. The molecule has 5 nitrogen and oxygen atoms in total. The fraction of sp³-hybridized carbons (Fsp3) is 1.00. The molecule has 0 atom stereocenters. The van der Waals surface area contributed by atoms with Crippen molar-refractivity contribution >= 4 is 8.25 Å². The molecule has 0 radical (unpaired) electrons. The summed E-state index contributed by atoms with van der Waals surface area (Å²) < 4.78 is 19.2. The van der Waals surface area contributed by atoms with Gasteiger partial charge in [0, 0.05) is 30.7 Å². The van der Waals surface area contributed by atoms with Gasteiger partial charge in [0.1, 0.15) is 0 Å². The van der Waals surface area contributed by atoms with Crippen LogP contribution in [0.25, 0.3) is 0 Å². The Morgan fingerprint density at radius 2 is 1.46 bits per heavy atom. The highest BCUT2D eigenvalue weighted by atomic mass is 31.1. The quantitative estimate of drug-likeness (QED) is 0.570. The van der Waals surface area contributed by atoms with E-state index in [1.807, 2.05) is 0 Å². The Labute approximate surface area is 79.1 Å². The molecule has 0 unspecified atom stereocenters. The average Bonchev–Trinajstić information content (AvgIpc) is 2.05. The lowest BCUT2D eigenvalue weighted by Gasteiger charge is -2.16. The molecule has 76 valence electrons. The fourth-order valence-corrected chi connectivity index (χ4v) is 1.70. The predicted octanol–water partition coefficient (Wildman–Crippen LogP) is 0.606. The van der Waals surface area contributed by atoms with Crippen LogP contribution in [0.3, 0.4) is 0 Å². The summed E-state index contributed by atoms with van der Waals surface area (Å²) >= 11 is 0. The van der Waals surface area contributed by atoms with Gasteiger partial charge in [-0.1, -0.05) is 9.05 Å². The average molecular weight is 207 g/mol. The van der Waals surface area contributed by atoms with Gasteiger partial charge in [-0.15, -0.1) is 0 Å². The molecular weight excluding hydrogens is 191 g/mol. The van der Waals surface area contributed by atoms with Crippen LogP contribution in [0.2, 0.25) is 0 Å². The van der Waals surface area contributed by atoms with Crippen LogP contribution in [0.4, 0.5) is 0 Å². The van der Waals surface area contributed by atoms with Crippen molar-refractivity contribution in [1.82, 2.24) is 10.6 Å². The van der Waals surface area contributed by atoms with Crippen molar-refractivity contribution in [3.8, 4) is 0 Å². The summed E-state index contributed by atoms with van der Waals surface area (Å²) in [5.74, 6) is -0.590. The molecular formula is C7H16N2O3P+. The Bertz CT molecular complexity index is 161. The van der Waals surface area contributed by atoms with E-state index >= 15 is 0 Å². The van der Waals surface area contributed by atoms with Crippen LogP contribution in [0.1, 0.15) is 13.8 Å². The van der Waals surface area contributed by atoms with Gasteiger partial charge in [-0.3, -0.25) is 0 Å². The molecule has 6 heteroatoms. The molecule has 0 bridgehead atoms. The first-order valence-corrected chi connectivity index (χ1v) is 5.47. The van der Waals surface area contributed by atoms with Gasteiger partial charge in [0.25, 0.3) is 5.79 Å². The molecule has 0 aromatic rings. The fourth-order valence-electron chi connectivity index (χ4n) is 0.969. The predicted molar refractivity (Wildman–Crippen MR) is 49.6 cm³/mol. The molecule has 2 rings (SSSR count). The van der Waals surface area contributed by atoms with Gasteiger partial charge in [0.05, 0.1) is 0 Å². The summed E-state index contributed by atoms with van der Waals surface area (Å²) in [6, 6.07) is 0. The lowest BCUT2D eigenvalue weighted by Crippen LogP contribution is -2.39. The molecule has 2 aliphatic heterocycles. The second-order valence-electron chi connectivity index (χ2n) is 3.31. The van der Waals surface area contributed by atoms with Gasteiger partial charge in [-0.2, -0.15) is 0 Å². The van der Waals surface area contributed by atoms with Crippen LogP contribution < -0.4 is 10.6 Å². The highest BCUT2D eigenvalue weighted by molar-refractivity contribution is 7.34. The summed E-state index contributed by atoms with van der Waals surface area (Å²) in [4.78, 5) is 0. The van der Waals surface area contributed by atoms with Crippen molar-refractivity contribution in [2.24, 2.45) is 0 Å². The van der Waals surface area contributed by atoms with Crippen molar-refractivity contribution in [2.45, 2.75) is 19.6 Å². The minimum absolute atomic E-state index is 0.590. The van der Waals surface area contributed by atoms with Gasteiger partial charge in [-0.05, 0) is 13.8 Å². The van der Waals surface area contributed by atoms with Gasteiger partial charge in [0.15, 0.2) is 0 Å². The number of rotatable bonds is 0. The van der Waals surface area contributed by atoms with E-state index < -0.39 is 14.0 Å². The normalized spacial score (nSPS) is 25.5. The molecule has 0 spiro atoms. The largest absolute Gasteiger partial charge is 0.703 e. The topological polar surface area (TPSA) is 59.6 Å². The van der Waals surface area contributed by atoms with E-state index in [1.54, 1.807) is 13.8 Å². The van der Waals surface area contributed by atoms with Crippen LogP contribution in [0, 0.1) is 0 Å². The van der Waals surface area contributed by atoms with Crippen molar-refractivity contribution in [3.05, 3.63) is 0 Å². The zero-order chi connectivity index (χ0) is 9.73. The lowest BCUT2D eigenvalue weighted by atomic mass is 10.4. The lowest BCUT2D eigenvalue weighted by molar-refractivity contribution is -0.157. The molecule has 2 aliphatic rings. The molecule has 0 aromatic heterocycles. The Kier molecular flexibility index (Phi) is 4.22. The first kappa shape index (κ1) is 11.0. The van der Waals surface area contributed by atoms with E-state index in [9.17, 15) is 4.57 Å². The molecule has 0 aromatic carbocycles. The van der Waals surface area contributed by atoms with Crippen LogP contribution in [-0.2, 0) is 13.6 Å². The van der Waals surface area contributed by atoms with E-state index in [4.69, 9.17) is 0 Å². The van der Waals surface area contributed by atoms with Crippen molar-refractivity contribution in [2.75, 3.05) is 26.2 Å². The molecule has 13 heavy (non-hydrogen) atoms. The summed E-state index contributed by atoms with van der Waals surface area (Å²) in [6.07, 6.45) is 0. The van der Waals surface area contributed by atoms with E-state index in [2.05, 4.69) is 19.7 Å². The Morgan fingerprint density at radius 1 is 1.08 bits per heavy atom. The molecule has 2 heterocycles. The van der Waals surface area contributed by atoms with Gasteiger partial charge < -0.3 is 10.6 Å². The Hall–Kier alpha value is -0.0600. The first-order chi connectivity index (χ1) is 6.10. The van der Waals surface area contributed by atoms with Gasteiger partial charge in [-0.25, -0.2) is 0 Å². The van der Waals surface area contributed by atoms with Crippen molar-refractivity contribution in [3.63, 3.8) is 0 Å². The van der Waals surface area contributed by atoms with Crippen LogP contribution >= 0.6 is 8.25 Å². The van der Waals surface area contributed by atoms with E-state index in [-0.39, 0.29) is 0 Å². The minimum atomic E-state index is -1.76. The zero-order valence-corrected chi connectivity index (χ0v) is 8.89. The maximum atomic E-state index is 10.0. The number of hydrogen-bond acceptors (Lipinski definition) is 5.